The third-order valence-corrected chi connectivity index (χ3v) is 0. The average Bonchev–Trinajstić information content (AvgIpc) is 0.722. The van der Waals surface area contributed by atoms with E-state index in [1.807, 2.05) is 0 Å². The van der Waals surface area contributed by atoms with Crippen LogP contribution in [0, 0.1) is 0 Å². The summed E-state index contributed by atoms with van der Waals surface area (Å²) in [6.45, 7) is 0. The molecule has 0 aliphatic carbocycles. The minimum atomic E-state index is -2.61. The summed E-state index contributed by atoms with van der Waals surface area (Å²) in [6.07, 6.45) is 0. The zero-order chi connectivity index (χ0) is 4.50. The molecular weight excluding hydrogens is 338 g/mol. The maximum Gasteiger partial charge on any atom is 0.108 e. The largest absolute Gasteiger partial charge is 0.108 e. The smallest absolute Gasteiger partial charge is 0.0717 e. The zero-order valence-electron chi connectivity index (χ0n) is 3.19. The zero-order valence-corrected chi connectivity index (χ0v) is 9.90. The molecule has 0 aliphatic rings. The molecule has 0 aromatic carbocycles. The number of rotatable bonds is 0. The second-order valence-corrected chi connectivity index (χ2v) is 5.45. The van der Waals surface area contributed by atoms with Crippen LogP contribution in [0.5, 0.6) is 0 Å². The van der Waals surface area contributed by atoms with Gasteiger partial charge in [-0.15, -0.1) is 0 Å². The van der Waals surface area contributed by atoms with Gasteiger partial charge in [-0.1, -0.05) is 34.3 Å². The molecule has 1 radical (unpaired) electrons. The van der Waals surface area contributed by atoms with Crippen LogP contribution in [0.3, 0.4) is 0 Å². The van der Waals surface area contributed by atoms with Gasteiger partial charge < -0.3 is 0 Å². The molecule has 0 heterocycles. The van der Waals surface area contributed by atoms with Gasteiger partial charge in [0.2, 0.25) is 0 Å². The van der Waals surface area contributed by atoms with E-state index < -0.39 is 5.35 Å². The normalized spacial score (nSPS) is 12.0. The van der Waals surface area contributed by atoms with Crippen LogP contribution in [0.15, 0.2) is 0 Å². The van der Waals surface area contributed by atoms with Crippen molar-refractivity contribution in [1.29, 1.82) is 1.28 Å². The van der Waals surface area contributed by atoms with Crippen molar-refractivity contribution in [1.82, 2.24) is 0 Å². The third kappa shape index (κ3) is 22.9. The van der Waals surface area contributed by atoms with Gasteiger partial charge in [-0.2, -0.15) is 0 Å². The molecule has 0 spiro atoms. The van der Waals surface area contributed by atoms with E-state index in [-0.39, 0.29) is 27.3 Å². The molecule has 0 rings (SSSR count). The van der Waals surface area contributed by atoms with Crippen molar-refractivity contribution in [2.45, 2.75) is 0 Å². The van der Waals surface area contributed by atoms with Crippen LogP contribution in [0.1, 0.15) is 0 Å². The average molecular weight is 340 g/mol. The summed E-state index contributed by atoms with van der Waals surface area (Å²) in [6, 6.07) is 0. The fourth-order valence-electron chi connectivity index (χ4n) is 0. The SMILES string of the molecule is [2H]P(=S)(Cl)Cl.[Tl]. The van der Waals surface area contributed by atoms with E-state index in [1.165, 1.54) is 0 Å². The first-order valence-corrected chi connectivity index (χ1v) is 4.69. The van der Waals surface area contributed by atoms with E-state index in [4.69, 9.17) is 23.8 Å². The van der Waals surface area contributed by atoms with Crippen LogP contribution in [0.25, 0.3) is 0 Å². The van der Waals surface area contributed by atoms with Gasteiger partial charge in [-0.05, 0) is 0 Å². The second kappa shape index (κ2) is 6.15. The number of halogens is 2. The van der Waals surface area contributed by atoms with Crippen molar-refractivity contribution < 1.29 is 0 Å². The Balaban J connectivity index is 0. The summed E-state index contributed by atoms with van der Waals surface area (Å²) < 4.78 is 6.39. The van der Waals surface area contributed by atoms with Gasteiger partial charge in [0.05, 0.1) is 0 Å². The minimum Gasteiger partial charge on any atom is -0.0717 e. The van der Waals surface area contributed by atoms with Gasteiger partial charge in [0.25, 0.3) is 0 Å². The first kappa shape index (κ1) is 7.15. The number of hydrogen-bond donors (Lipinski definition) is 0. The Morgan fingerprint density at radius 2 is 1.80 bits per heavy atom. The van der Waals surface area contributed by atoms with Gasteiger partial charge in [0.15, 0.2) is 0 Å². The molecule has 0 N–H and O–H groups in total. The maximum absolute atomic E-state index is 6.39. The Kier molecular flexibility index (Phi) is 8.80. The molecule has 5 heavy (non-hydrogen) atoms. The van der Waals surface area contributed by atoms with E-state index in [2.05, 4.69) is 11.8 Å². The summed E-state index contributed by atoms with van der Waals surface area (Å²) in [5.74, 6) is 0. The first-order chi connectivity index (χ1) is 2.00. The molecule has 0 bridgehead atoms. The molecule has 0 unspecified atom stereocenters. The van der Waals surface area contributed by atoms with Crippen molar-refractivity contribution in [3.8, 4) is 0 Å². The molecular formula is HCl2PSTl. The maximum atomic E-state index is 6.39. The van der Waals surface area contributed by atoms with Crippen molar-refractivity contribution in [2.75, 3.05) is 0 Å². The quantitative estimate of drug-likeness (QED) is 0.477. The summed E-state index contributed by atoms with van der Waals surface area (Å²) in [5, 5.41) is -2.61. The third-order valence-electron chi connectivity index (χ3n) is 0. The summed E-state index contributed by atoms with van der Waals surface area (Å²) >= 11 is 13.9. The fraction of sp³-hybridized carbons (Fsp3) is 0. The van der Waals surface area contributed by atoms with Crippen molar-refractivity contribution in [3.05, 3.63) is 0 Å². The standard InChI is InChI=1S/Cl2HPS.Tl/c1-3(2)4;/h3H;/i3D;. The molecule has 0 saturated heterocycles. The molecule has 0 nitrogen and oxygen atoms in total. The molecule has 0 atom stereocenters. The number of hydrogen-bond acceptors (Lipinski definition) is 1. The molecule has 5 heteroatoms. The summed E-state index contributed by atoms with van der Waals surface area (Å²) in [7, 11) is 0. The predicted octanol–water partition coefficient (Wildman–Crippen LogP) is 1.59. The van der Waals surface area contributed by atoms with Crippen LogP contribution in [-0.2, 0) is 11.8 Å². The van der Waals surface area contributed by atoms with Gasteiger partial charge in [-0.25, -0.2) is 0 Å². The second-order valence-electron chi connectivity index (χ2n) is 0.202. The van der Waals surface area contributed by atoms with Crippen LogP contribution < -0.4 is 0 Å². The van der Waals surface area contributed by atoms with Crippen LogP contribution in [0.4, 0.5) is 0 Å². The molecule has 0 aromatic heterocycles. The van der Waals surface area contributed by atoms with E-state index in [9.17, 15) is 0 Å². The van der Waals surface area contributed by atoms with Crippen molar-refractivity contribution in [3.63, 3.8) is 0 Å². The van der Waals surface area contributed by atoms with Gasteiger partial charge in [0, 0.05) is 27.3 Å². The van der Waals surface area contributed by atoms with E-state index >= 15 is 0 Å². The van der Waals surface area contributed by atoms with E-state index in [0.29, 0.717) is 0 Å². The van der Waals surface area contributed by atoms with Crippen LogP contribution in [-0.4, -0.2) is 28.6 Å². The molecule has 0 fully saturated rings. The Morgan fingerprint density at radius 1 is 1.80 bits per heavy atom. The Morgan fingerprint density at radius 3 is 1.80 bits per heavy atom. The monoisotopic (exact) mass is 340 g/mol. The molecule has 0 aliphatic heterocycles. The minimum absolute atomic E-state index is 0. The van der Waals surface area contributed by atoms with Gasteiger partial charge in [-0.3, -0.25) is 0 Å². The molecule has 29 valence electrons. The Labute approximate surface area is 67.7 Å². The van der Waals surface area contributed by atoms with Gasteiger partial charge in [0.1, 0.15) is 6.63 Å². The summed E-state index contributed by atoms with van der Waals surface area (Å²) in [4.78, 5) is 0. The summed E-state index contributed by atoms with van der Waals surface area (Å²) in [5.41, 5.74) is 0. The van der Waals surface area contributed by atoms with Crippen molar-refractivity contribution >= 4 is 66.9 Å². The van der Waals surface area contributed by atoms with Crippen molar-refractivity contribution in [2.24, 2.45) is 0 Å². The predicted molar refractivity (Wildman–Crippen MR) is 33.1 cm³/mol. The topological polar surface area (TPSA) is 0 Å². The molecule has 0 saturated carbocycles. The first-order valence-electron chi connectivity index (χ1n) is 0.968. The van der Waals surface area contributed by atoms with Crippen LogP contribution >= 0.6 is 27.8 Å². The Hall–Kier alpha value is 2.15. The van der Waals surface area contributed by atoms with Gasteiger partial charge >= 0.3 is 0 Å². The fourth-order valence-corrected chi connectivity index (χ4v) is 0. The molecule has 0 amide bonds. The van der Waals surface area contributed by atoms with E-state index in [1.54, 1.807) is 0 Å². The van der Waals surface area contributed by atoms with Crippen LogP contribution in [0.2, 0.25) is 0 Å². The van der Waals surface area contributed by atoms with E-state index in [0.717, 1.165) is 0 Å². The molecule has 0 aromatic rings. The Bertz CT molecular complexity index is 59.7.